The van der Waals surface area contributed by atoms with E-state index in [1.54, 1.807) is 20.2 Å². The SMILES string of the molecule is COc1ccc2cc(N(C)C(=O)C=O)ccc2c1. The van der Waals surface area contributed by atoms with Crippen LogP contribution in [0.5, 0.6) is 5.75 Å². The van der Waals surface area contributed by atoms with E-state index in [1.807, 2.05) is 30.3 Å². The molecule has 0 radical (unpaired) electrons. The number of amides is 1. The predicted octanol–water partition coefficient (Wildman–Crippen LogP) is 2.01. The Balaban J connectivity index is 2.44. The molecule has 0 saturated heterocycles. The van der Waals surface area contributed by atoms with Gasteiger partial charge in [0.25, 0.3) is 5.91 Å². The Morgan fingerprint density at radius 3 is 2.50 bits per heavy atom. The van der Waals surface area contributed by atoms with Crippen molar-refractivity contribution >= 4 is 28.7 Å². The Kier molecular flexibility index (Phi) is 3.28. The molecule has 2 rings (SSSR count). The minimum Gasteiger partial charge on any atom is -0.497 e. The fraction of sp³-hybridized carbons (Fsp3) is 0.143. The lowest BCUT2D eigenvalue weighted by molar-refractivity contribution is -0.129. The first-order valence-corrected chi connectivity index (χ1v) is 5.46. The summed E-state index contributed by atoms with van der Waals surface area (Å²) in [4.78, 5) is 23.1. The molecule has 92 valence electrons. The van der Waals surface area contributed by atoms with Crippen LogP contribution in [0, 0.1) is 0 Å². The molecule has 0 aliphatic heterocycles. The average Bonchev–Trinajstić information content (AvgIpc) is 2.44. The van der Waals surface area contributed by atoms with E-state index in [9.17, 15) is 9.59 Å². The summed E-state index contributed by atoms with van der Waals surface area (Å²) in [7, 11) is 3.19. The van der Waals surface area contributed by atoms with Crippen LogP contribution in [-0.4, -0.2) is 26.4 Å². The molecule has 4 heteroatoms. The van der Waals surface area contributed by atoms with Gasteiger partial charge in [-0.2, -0.15) is 0 Å². The van der Waals surface area contributed by atoms with Crippen LogP contribution in [0.25, 0.3) is 10.8 Å². The van der Waals surface area contributed by atoms with Crippen LogP contribution in [-0.2, 0) is 9.59 Å². The summed E-state index contributed by atoms with van der Waals surface area (Å²) >= 11 is 0. The van der Waals surface area contributed by atoms with E-state index < -0.39 is 5.91 Å². The number of benzene rings is 2. The second kappa shape index (κ2) is 4.87. The summed E-state index contributed by atoms with van der Waals surface area (Å²) in [6.07, 6.45) is 0.304. The van der Waals surface area contributed by atoms with E-state index in [1.165, 1.54) is 4.90 Å². The Labute approximate surface area is 105 Å². The quantitative estimate of drug-likeness (QED) is 0.612. The molecule has 2 aromatic carbocycles. The minimum atomic E-state index is -0.567. The smallest absolute Gasteiger partial charge is 0.290 e. The summed E-state index contributed by atoms with van der Waals surface area (Å²) in [6, 6.07) is 11.2. The number of hydrogen-bond acceptors (Lipinski definition) is 3. The number of aldehydes is 1. The van der Waals surface area contributed by atoms with Gasteiger partial charge in [-0.25, -0.2) is 0 Å². The van der Waals surface area contributed by atoms with Crippen LogP contribution in [0.3, 0.4) is 0 Å². The third-order valence-electron chi connectivity index (χ3n) is 2.85. The first-order valence-electron chi connectivity index (χ1n) is 5.46. The van der Waals surface area contributed by atoms with Crippen molar-refractivity contribution in [1.29, 1.82) is 0 Å². The number of likely N-dealkylation sites (N-methyl/N-ethyl adjacent to an activating group) is 1. The predicted molar refractivity (Wildman–Crippen MR) is 70.0 cm³/mol. The molecule has 2 aromatic rings. The lowest BCUT2D eigenvalue weighted by Gasteiger charge is -2.14. The van der Waals surface area contributed by atoms with Crippen LogP contribution in [0.4, 0.5) is 5.69 Å². The van der Waals surface area contributed by atoms with Crippen LogP contribution in [0.15, 0.2) is 36.4 Å². The molecule has 0 aliphatic carbocycles. The fourth-order valence-electron chi connectivity index (χ4n) is 1.75. The highest BCUT2D eigenvalue weighted by Gasteiger charge is 2.09. The van der Waals surface area contributed by atoms with Gasteiger partial charge in [0.15, 0.2) is 0 Å². The number of carbonyl (C=O) groups is 2. The first-order chi connectivity index (χ1) is 8.65. The molecule has 0 heterocycles. The highest BCUT2D eigenvalue weighted by atomic mass is 16.5. The van der Waals surface area contributed by atoms with Crippen molar-refractivity contribution < 1.29 is 14.3 Å². The molecule has 0 aliphatic rings. The van der Waals surface area contributed by atoms with Gasteiger partial charge in [0, 0.05) is 12.7 Å². The monoisotopic (exact) mass is 243 g/mol. The number of nitrogens with zero attached hydrogens (tertiary/aromatic N) is 1. The van der Waals surface area contributed by atoms with Crippen molar-refractivity contribution in [3.05, 3.63) is 36.4 Å². The molecule has 1 amide bonds. The number of hydrogen-bond donors (Lipinski definition) is 0. The van der Waals surface area contributed by atoms with E-state index >= 15 is 0 Å². The van der Waals surface area contributed by atoms with Crippen molar-refractivity contribution in [2.24, 2.45) is 0 Å². The Bertz CT molecular complexity index is 607. The molecule has 0 atom stereocenters. The number of methoxy groups -OCH3 is 1. The minimum absolute atomic E-state index is 0.304. The third-order valence-corrected chi connectivity index (χ3v) is 2.85. The number of ether oxygens (including phenoxy) is 1. The Morgan fingerprint density at radius 1 is 1.17 bits per heavy atom. The van der Waals surface area contributed by atoms with E-state index in [2.05, 4.69) is 0 Å². The summed E-state index contributed by atoms with van der Waals surface area (Å²) in [5, 5.41) is 2.00. The van der Waals surface area contributed by atoms with Crippen molar-refractivity contribution in [2.45, 2.75) is 0 Å². The first kappa shape index (κ1) is 12.1. The maximum Gasteiger partial charge on any atom is 0.290 e. The van der Waals surface area contributed by atoms with Gasteiger partial charge >= 0.3 is 0 Å². The standard InChI is InChI=1S/C14H13NO3/c1-15(14(17)9-16)12-5-3-11-8-13(18-2)6-4-10(11)7-12/h3-9H,1-2H3. The van der Waals surface area contributed by atoms with Crippen molar-refractivity contribution in [1.82, 2.24) is 0 Å². The molecular weight excluding hydrogens is 230 g/mol. The van der Waals surface area contributed by atoms with Crippen molar-refractivity contribution in [2.75, 3.05) is 19.1 Å². The number of rotatable bonds is 3. The van der Waals surface area contributed by atoms with Gasteiger partial charge < -0.3 is 9.64 Å². The highest BCUT2D eigenvalue weighted by molar-refractivity contribution is 6.30. The molecule has 0 N–H and O–H groups in total. The molecule has 0 fully saturated rings. The largest absolute Gasteiger partial charge is 0.497 e. The number of fused-ring (bicyclic) bond motifs is 1. The topological polar surface area (TPSA) is 46.6 Å². The molecule has 0 spiro atoms. The van der Waals surface area contributed by atoms with Crippen molar-refractivity contribution in [3.8, 4) is 5.75 Å². The van der Waals surface area contributed by atoms with Crippen LogP contribution in [0.2, 0.25) is 0 Å². The van der Waals surface area contributed by atoms with Gasteiger partial charge in [-0.15, -0.1) is 0 Å². The highest BCUT2D eigenvalue weighted by Crippen LogP contribution is 2.25. The number of anilines is 1. The van der Waals surface area contributed by atoms with E-state index in [0.29, 0.717) is 12.0 Å². The van der Waals surface area contributed by atoms with Gasteiger partial charge in [-0.05, 0) is 35.0 Å². The number of carbonyl (C=O) groups excluding carboxylic acids is 2. The average molecular weight is 243 g/mol. The summed E-state index contributed by atoms with van der Waals surface area (Å²) in [5.41, 5.74) is 0.685. The van der Waals surface area contributed by atoms with E-state index in [0.717, 1.165) is 16.5 Å². The van der Waals surface area contributed by atoms with Gasteiger partial charge in [-0.3, -0.25) is 9.59 Å². The third kappa shape index (κ3) is 2.18. The van der Waals surface area contributed by atoms with E-state index in [-0.39, 0.29) is 0 Å². The zero-order valence-electron chi connectivity index (χ0n) is 10.2. The molecule has 0 aromatic heterocycles. The Hall–Kier alpha value is -2.36. The second-order valence-corrected chi connectivity index (χ2v) is 3.91. The van der Waals surface area contributed by atoms with Crippen LogP contribution < -0.4 is 9.64 Å². The second-order valence-electron chi connectivity index (χ2n) is 3.91. The molecule has 0 saturated carbocycles. The zero-order chi connectivity index (χ0) is 13.1. The van der Waals surface area contributed by atoms with Gasteiger partial charge in [0.2, 0.25) is 6.29 Å². The Morgan fingerprint density at radius 2 is 1.83 bits per heavy atom. The van der Waals surface area contributed by atoms with Gasteiger partial charge in [0.05, 0.1) is 7.11 Å². The van der Waals surface area contributed by atoms with Crippen LogP contribution >= 0.6 is 0 Å². The fourth-order valence-corrected chi connectivity index (χ4v) is 1.75. The molecule has 18 heavy (non-hydrogen) atoms. The maximum absolute atomic E-state index is 11.3. The lowest BCUT2D eigenvalue weighted by Crippen LogP contribution is -2.26. The van der Waals surface area contributed by atoms with Crippen molar-refractivity contribution in [3.63, 3.8) is 0 Å². The van der Waals surface area contributed by atoms with Gasteiger partial charge in [0.1, 0.15) is 5.75 Å². The molecule has 4 nitrogen and oxygen atoms in total. The molecule has 0 bridgehead atoms. The molecular formula is C14H13NO3. The van der Waals surface area contributed by atoms with Gasteiger partial charge in [-0.1, -0.05) is 12.1 Å². The summed E-state index contributed by atoms with van der Waals surface area (Å²) < 4.78 is 5.14. The lowest BCUT2D eigenvalue weighted by atomic mass is 10.1. The zero-order valence-corrected chi connectivity index (χ0v) is 10.2. The van der Waals surface area contributed by atoms with E-state index in [4.69, 9.17) is 4.74 Å². The summed E-state index contributed by atoms with van der Waals surface area (Å²) in [6.45, 7) is 0. The summed E-state index contributed by atoms with van der Waals surface area (Å²) in [5.74, 6) is 0.218. The van der Waals surface area contributed by atoms with Crippen LogP contribution in [0.1, 0.15) is 0 Å². The maximum atomic E-state index is 11.3. The normalized spacial score (nSPS) is 10.1. The molecule has 0 unspecified atom stereocenters.